The standard InChI is InChI=1S/C16H13Cl2N3O5/c1-23-8-25-14-9(4-10(17)5-12(14)18)7-24-11-2-3-13(19-6-11)15-20-16(22)26-21-15/h2-6H,7-8H2,1H3,(H,20,21,22). The lowest BCUT2D eigenvalue weighted by atomic mass is 10.2. The van der Waals surface area contributed by atoms with Crippen LogP contribution < -0.4 is 15.2 Å². The van der Waals surface area contributed by atoms with Gasteiger partial charge in [-0.1, -0.05) is 28.4 Å². The van der Waals surface area contributed by atoms with Gasteiger partial charge in [-0.05, 0) is 24.3 Å². The maximum absolute atomic E-state index is 11.0. The fourth-order valence-electron chi connectivity index (χ4n) is 2.11. The normalized spacial score (nSPS) is 10.7. The molecule has 2 heterocycles. The van der Waals surface area contributed by atoms with E-state index in [1.807, 2.05) is 0 Å². The highest BCUT2D eigenvalue weighted by atomic mass is 35.5. The molecule has 3 aromatic rings. The van der Waals surface area contributed by atoms with Crippen LogP contribution >= 0.6 is 23.2 Å². The molecule has 0 unspecified atom stereocenters. The molecule has 0 radical (unpaired) electrons. The summed E-state index contributed by atoms with van der Waals surface area (Å²) in [4.78, 5) is 17.5. The highest BCUT2D eigenvalue weighted by molar-refractivity contribution is 6.35. The molecule has 3 rings (SSSR count). The molecular weight excluding hydrogens is 385 g/mol. The van der Waals surface area contributed by atoms with Gasteiger partial charge in [-0.3, -0.25) is 9.51 Å². The van der Waals surface area contributed by atoms with Crippen LogP contribution in [0.4, 0.5) is 0 Å². The summed E-state index contributed by atoms with van der Waals surface area (Å²) in [5.74, 6) is 0.512. The zero-order valence-electron chi connectivity index (χ0n) is 13.5. The van der Waals surface area contributed by atoms with Crippen LogP contribution in [0.2, 0.25) is 10.0 Å². The number of hydrogen-bond donors (Lipinski definition) is 1. The second-order valence-corrected chi connectivity index (χ2v) is 5.88. The van der Waals surface area contributed by atoms with Crippen LogP contribution in [-0.2, 0) is 11.3 Å². The van der Waals surface area contributed by atoms with Crippen molar-refractivity contribution >= 4 is 23.2 Å². The summed E-state index contributed by atoms with van der Waals surface area (Å²) in [6.07, 6.45) is 1.49. The molecule has 1 aromatic carbocycles. The van der Waals surface area contributed by atoms with Crippen molar-refractivity contribution in [3.05, 3.63) is 56.6 Å². The number of hydrogen-bond acceptors (Lipinski definition) is 7. The van der Waals surface area contributed by atoms with Gasteiger partial charge in [0, 0.05) is 17.7 Å². The molecule has 0 aliphatic heterocycles. The van der Waals surface area contributed by atoms with Crippen LogP contribution in [-0.4, -0.2) is 29.0 Å². The van der Waals surface area contributed by atoms with Crippen LogP contribution in [0.25, 0.3) is 11.5 Å². The zero-order valence-corrected chi connectivity index (χ0v) is 15.0. The lowest BCUT2D eigenvalue weighted by Crippen LogP contribution is -2.05. The summed E-state index contributed by atoms with van der Waals surface area (Å²) in [6, 6.07) is 6.58. The third-order valence-electron chi connectivity index (χ3n) is 3.22. The van der Waals surface area contributed by atoms with Gasteiger partial charge in [0.05, 0.1) is 11.2 Å². The number of pyridine rings is 1. The van der Waals surface area contributed by atoms with E-state index in [1.165, 1.54) is 13.3 Å². The van der Waals surface area contributed by atoms with E-state index < -0.39 is 5.76 Å². The highest BCUT2D eigenvalue weighted by Crippen LogP contribution is 2.33. The van der Waals surface area contributed by atoms with E-state index in [0.717, 1.165) is 0 Å². The smallest absolute Gasteiger partial charge is 0.439 e. The maximum Gasteiger partial charge on any atom is 0.439 e. The summed E-state index contributed by atoms with van der Waals surface area (Å²) in [5, 5.41) is 4.38. The Morgan fingerprint density at radius 2 is 2.08 bits per heavy atom. The summed E-state index contributed by atoms with van der Waals surface area (Å²) < 4.78 is 20.5. The fraction of sp³-hybridized carbons (Fsp3) is 0.188. The Balaban J connectivity index is 1.73. The first-order valence-corrected chi connectivity index (χ1v) is 8.07. The van der Waals surface area contributed by atoms with Crippen molar-refractivity contribution < 1.29 is 18.7 Å². The first-order valence-electron chi connectivity index (χ1n) is 7.31. The Bertz CT molecular complexity index is 940. The fourth-order valence-corrected chi connectivity index (χ4v) is 2.70. The first kappa shape index (κ1) is 18.2. The number of rotatable bonds is 7. The Kier molecular flexibility index (Phi) is 5.77. The van der Waals surface area contributed by atoms with Crippen LogP contribution in [0.3, 0.4) is 0 Å². The molecule has 0 aliphatic carbocycles. The average Bonchev–Trinajstić information content (AvgIpc) is 3.06. The van der Waals surface area contributed by atoms with Crippen LogP contribution in [0.5, 0.6) is 11.5 Å². The number of aromatic nitrogens is 3. The van der Waals surface area contributed by atoms with Crippen molar-refractivity contribution in [3.8, 4) is 23.0 Å². The molecule has 136 valence electrons. The minimum absolute atomic E-state index is 0.0422. The third kappa shape index (κ3) is 4.34. The number of ether oxygens (including phenoxy) is 3. The predicted octanol–water partition coefficient (Wildman–Crippen LogP) is 3.29. The Hall–Kier alpha value is -2.55. The summed E-state index contributed by atoms with van der Waals surface area (Å²) in [5.41, 5.74) is 1.10. The van der Waals surface area contributed by atoms with Crippen molar-refractivity contribution in [3.63, 3.8) is 0 Å². The number of methoxy groups -OCH3 is 1. The molecule has 26 heavy (non-hydrogen) atoms. The summed E-state index contributed by atoms with van der Waals surface area (Å²) in [6.45, 7) is 0.196. The Morgan fingerprint density at radius 3 is 2.73 bits per heavy atom. The van der Waals surface area contributed by atoms with Gasteiger partial charge in [-0.25, -0.2) is 9.78 Å². The van der Waals surface area contributed by atoms with E-state index in [9.17, 15) is 4.79 Å². The largest absolute Gasteiger partial charge is 0.487 e. The summed E-state index contributed by atoms with van der Waals surface area (Å²) >= 11 is 12.2. The number of aromatic amines is 1. The number of H-pyrrole nitrogens is 1. The molecule has 0 fully saturated rings. The quantitative estimate of drug-likeness (QED) is 0.610. The second-order valence-electron chi connectivity index (χ2n) is 5.04. The van der Waals surface area contributed by atoms with Gasteiger partial charge < -0.3 is 14.2 Å². The maximum atomic E-state index is 11.0. The molecule has 10 heteroatoms. The first-order chi connectivity index (χ1) is 12.6. The summed E-state index contributed by atoms with van der Waals surface area (Å²) in [7, 11) is 1.51. The van der Waals surface area contributed by atoms with Gasteiger partial charge in [0.25, 0.3) is 0 Å². The topological polar surface area (TPSA) is 99.5 Å². The lowest BCUT2D eigenvalue weighted by molar-refractivity contribution is 0.0497. The zero-order chi connectivity index (χ0) is 18.5. The molecule has 0 saturated carbocycles. The molecule has 0 bridgehead atoms. The van der Waals surface area contributed by atoms with E-state index in [1.54, 1.807) is 24.3 Å². The van der Waals surface area contributed by atoms with Gasteiger partial charge in [0.15, 0.2) is 6.79 Å². The monoisotopic (exact) mass is 397 g/mol. The van der Waals surface area contributed by atoms with Crippen LogP contribution in [0.1, 0.15) is 5.56 Å². The molecule has 0 aliphatic rings. The number of nitrogens with one attached hydrogen (secondary N) is 1. The van der Waals surface area contributed by atoms with Crippen molar-refractivity contribution in [2.45, 2.75) is 6.61 Å². The van der Waals surface area contributed by atoms with Crippen LogP contribution in [0, 0.1) is 0 Å². The lowest BCUT2D eigenvalue weighted by Gasteiger charge is -2.14. The molecule has 0 atom stereocenters. The van der Waals surface area contributed by atoms with E-state index in [2.05, 4.69) is 19.6 Å². The molecule has 8 nitrogen and oxygen atoms in total. The van der Waals surface area contributed by atoms with Gasteiger partial charge in [0.1, 0.15) is 23.8 Å². The minimum atomic E-state index is -0.649. The van der Waals surface area contributed by atoms with E-state index in [-0.39, 0.29) is 19.2 Å². The van der Waals surface area contributed by atoms with Gasteiger partial charge in [-0.15, -0.1) is 0 Å². The Labute approximate surface area is 157 Å². The predicted molar refractivity (Wildman–Crippen MR) is 93.7 cm³/mol. The van der Waals surface area contributed by atoms with E-state index >= 15 is 0 Å². The molecular formula is C16H13Cl2N3O5. The molecule has 1 N–H and O–H groups in total. The molecule has 0 saturated heterocycles. The van der Waals surface area contributed by atoms with Crippen molar-refractivity contribution in [2.24, 2.45) is 0 Å². The van der Waals surface area contributed by atoms with Crippen molar-refractivity contribution in [2.75, 3.05) is 13.9 Å². The molecule has 0 amide bonds. The SMILES string of the molecule is COCOc1c(Cl)cc(Cl)cc1COc1ccc(-c2noc(=O)[nH]2)nc1. The van der Waals surface area contributed by atoms with E-state index in [4.69, 9.17) is 37.4 Å². The number of nitrogens with zero attached hydrogens (tertiary/aromatic N) is 2. The Morgan fingerprint density at radius 1 is 1.23 bits per heavy atom. The van der Waals surface area contributed by atoms with Crippen molar-refractivity contribution in [1.29, 1.82) is 0 Å². The second kappa shape index (κ2) is 8.22. The third-order valence-corrected chi connectivity index (χ3v) is 3.72. The minimum Gasteiger partial charge on any atom is -0.487 e. The van der Waals surface area contributed by atoms with Gasteiger partial charge in [-0.2, -0.15) is 0 Å². The van der Waals surface area contributed by atoms with Crippen molar-refractivity contribution in [1.82, 2.24) is 15.1 Å². The average molecular weight is 398 g/mol. The number of benzene rings is 1. The van der Waals surface area contributed by atoms with Gasteiger partial charge in [0.2, 0.25) is 5.82 Å². The molecule has 0 spiro atoms. The van der Waals surface area contributed by atoms with E-state index in [0.29, 0.717) is 32.8 Å². The number of halogens is 2. The molecule has 2 aromatic heterocycles. The van der Waals surface area contributed by atoms with Crippen LogP contribution in [0.15, 0.2) is 39.8 Å². The highest BCUT2D eigenvalue weighted by Gasteiger charge is 2.12. The van der Waals surface area contributed by atoms with Gasteiger partial charge >= 0.3 is 5.76 Å².